The number of anilines is 1. The Morgan fingerprint density at radius 2 is 1.82 bits per heavy atom. The van der Waals surface area contributed by atoms with E-state index in [4.69, 9.17) is 11.6 Å². The Kier molecular flexibility index (Phi) is 5.14. The Balaban J connectivity index is 1.55. The van der Waals surface area contributed by atoms with Crippen LogP contribution in [0.1, 0.15) is 21.5 Å². The predicted octanol–water partition coefficient (Wildman–Crippen LogP) is 4.40. The summed E-state index contributed by atoms with van der Waals surface area (Å²) in [5.41, 5.74) is 3.19. The minimum atomic E-state index is -3.69. The van der Waals surface area contributed by atoms with Gasteiger partial charge in [-0.2, -0.15) is 0 Å². The second-order valence-corrected chi connectivity index (χ2v) is 10.1. The maximum atomic E-state index is 12.7. The summed E-state index contributed by atoms with van der Waals surface area (Å²) in [6.45, 7) is 1.09. The van der Waals surface area contributed by atoms with Crippen LogP contribution >= 0.6 is 22.9 Å². The Hall–Kier alpha value is -2.35. The van der Waals surface area contributed by atoms with E-state index in [2.05, 4.69) is 4.72 Å². The lowest BCUT2D eigenvalue weighted by molar-refractivity contribution is 0.0734. The molecule has 0 spiro atoms. The largest absolute Gasteiger partial charge is 0.334 e. The summed E-state index contributed by atoms with van der Waals surface area (Å²) in [7, 11) is -3.69. The predicted molar refractivity (Wildman–Crippen MR) is 111 cm³/mol. The molecule has 0 fully saturated rings. The van der Waals surface area contributed by atoms with Crippen LogP contribution in [0.4, 0.5) is 5.69 Å². The third kappa shape index (κ3) is 3.92. The zero-order chi connectivity index (χ0) is 19.7. The molecule has 1 aliphatic heterocycles. The van der Waals surface area contributed by atoms with E-state index in [0.29, 0.717) is 28.7 Å². The zero-order valence-corrected chi connectivity index (χ0v) is 17.2. The van der Waals surface area contributed by atoms with Crippen LogP contribution < -0.4 is 4.72 Å². The van der Waals surface area contributed by atoms with Gasteiger partial charge in [-0.3, -0.25) is 9.52 Å². The van der Waals surface area contributed by atoms with Crippen molar-refractivity contribution in [3.63, 3.8) is 0 Å². The highest BCUT2D eigenvalue weighted by Crippen LogP contribution is 2.29. The second kappa shape index (κ2) is 7.58. The molecule has 4 rings (SSSR count). The molecule has 1 aliphatic rings. The van der Waals surface area contributed by atoms with E-state index in [-0.39, 0.29) is 10.1 Å². The summed E-state index contributed by atoms with van der Waals surface area (Å²) >= 11 is 6.86. The van der Waals surface area contributed by atoms with Gasteiger partial charge in [0.05, 0.1) is 4.34 Å². The van der Waals surface area contributed by atoms with Gasteiger partial charge in [0.1, 0.15) is 4.21 Å². The van der Waals surface area contributed by atoms with E-state index in [1.807, 2.05) is 24.3 Å². The molecule has 28 heavy (non-hydrogen) atoms. The SMILES string of the molecule is O=C(c1ccccc1)N1CCc2ccc(NS(=O)(=O)c3ccc(Cl)s3)cc2C1. The van der Waals surface area contributed by atoms with Crippen molar-refractivity contribution in [2.45, 2.75) is 17.2 Å². The molecule has 2 aromatic carbocycles. The molecule has 0 unspecified atom stereocenters. The third-order valence-electron chi connectivity index (χ3n) is 4.59. The molecule has 8 heteroatoms. The van der Waals surface area contributed by atoms with Crippen molar-refractivity contribution < 1.29 is 13.2 Å². The number of rotatable bonds is 4. The number of carbonyl (C=O) groups is 1. The lowest BCUT2D eigenvalue weighted by Gasteiger charge is -2.29. The van der Waals surface area contributed by atoms with Crippen molar-refractivity contribution in [2.24, 2.45) is 0 Å². The quantitative estimate of drug-likeness (QED) is 0.664. The van der Waals surface area contributed by atoms with Crippen molar-refractivity contribution >= 4 is 44.6 Å². The monoisotopic (exact) mass is 432 g/mol. The fraction of sp³-hybridized carbons (Fsp3) is 0.150. The van der Waals surface area contributed by atoms with Crippen LogP contribution in [0.25, 0.3) is 0 Å². The van der Waals surface area contributed by atoms with Gasteiger partial charge in [-0.1, -0.05) is 35.9 Å². The van der Waals surface area contributed by atoms with E-state index in [9.17, 15) is 13.2 Å². The third-order valence-corrected chi connectivity index (χ3v) is 7.70. The highest BCUT2D eigenvalue weighted by molar-refractivity contribution is 7.94. The fourth-order valence-electron chi connectivity index (χ4n) is 3.20. The van der Waals surface area contributed by atoms with E-state index < -0.39 is 10.0 Å². The normalized spacial score (nSPS) is 13.8. The number of amides is 1. The smallest absolute Gasteiger partial charge is 0.271 e. The van der Waals surface area contributed by atoms with Gasteiger partial charge in [-0.15, -0.1) is 11.3 Å². The summed E-state index contributed by atoms with van der Waals surface area (Å²) in [6, 6.07) is 17.7. The standard InChI is InChI=1S/C20H17ClN2O3S2/c21-18-8-9-19(27-18)28(25,26)22-17-7-6-14-10-11-23(13-16(14)12-17)20(24)15-4-2-1-3-5-15/h1-9,12,22H,10-11,13H2. The lowest BCUT2D eigenvalue weighted by atomic mass is 9.98. The van der Waals surface area contributed by atoms with Crippen molar-refractivity contribution in [1.82, 2.24) is 4.90 Å². The molecule has 5 nitrogen and oxygen atoms in total. The first-order chi connectivity index (χ1) is 13.4. The van der Waals surface area contributed by atoms with Crippen molar-refractivity contribution in [3.05, 3.63) is 81.7 Å². The van der Waals surface area contributed by atoms with Crippen molar-refractivity contribution in [3.8, 4) is 0 Å². The number of sulfonamides is 1. The highest BCUT2D eigenvalue weighted by atomic mass is 35.5. The van der Waals surface area contributed by atoms with Gasteiger partial charge in [0.15, 0.2) is 0 Å². The minimum absolute atomic E-state index is 0.0227. The maximum absolute atomic E-state index is 12.7. The van der Waals surface area contributed by atoms with Crippen LogP contribution in [0.5, 0.6) is 0 Å². The molecule has 1 amide bonds. The number of benzene rings is 2. The number of nitrogens with one attached hydrogen (secondary N) is 1. The summed E-state index contributed by atoms with van der Waals surface area (Å²) in [4.78, 5) is 14.5. The lowest BCUT2D eigenvalue weighted by Crippen LogP contribution is -2.36. The first kappa shape index (κ1) is 19.0. The Bertz CT molecular complexity index is 1130. The average molecular weight is 433 g/mol. The van der Waals surface area contributed by atoms with Gasteiger partial charge in [-0.05, 0) is 53.9 Å². The highest BCUT2D eigenvalue weighted by Gasteiger charge is 2.23. The summed E-state index contributed by atoms with van der Waals surface area (Å²) in [5, 5.41) is 0. The molecule has 0 atom stereocenters. The molecule has 0 saturated carbocycles. The van der Waals surface area contributed by atoms with Gasteiger partial charge >= 0.3 is 0 Å². The number of hydrogen-bond donors (Lipinski definition) is 1. The topological polar surface area (TPSA) is 66.5 Å². The van der Waals surface area contributed by atoms with Crippen molar-refractivity contribution in [2.75, 3.05) is 11.3 Å². The van der Waals surface area contributed by atoms with Crippen LogP contribution in [-0.2, 0) is 23.0 Å². The molecule has 0 aliphatic carbocycles. The molecular formula is C20H17ClN2O3S2. The van der Waals surface area contributed by atoms with E-state index >= 15 is 0 Å². The van der Waals surface area contributed by atoms with Gasteiger partial charge in [0.25, 0.3) is 15.9 Å². The Morgan fingerprint density at radius 3 is 2.54 bits per heavy atom. The molecule has 1 N–H and O–H groups in total. The van der Waals surface area contributed by atoms with Crippen LogP contribution in [0.15, 0.2) is 64.9 Å². The molecule has 0 radical (unpaired) electrons. The van der Waals surface area contributed by atoms with E-state index in [0.717, 1.165) is 28.9 Å². The summed E-state index contributed by atoms with van der Waals surface area (Å²) in [6.07, 6.45) is 0.738. The number of nitrogens with zero attached hydrogens (tertiary/aromatic N) is 1. The zero-order valence-electron chi connectivity index (χ0n) is 14.8. The molecule has 144 valence electrons. The first-order valence-electron chi connectivity index (χ1n) is 8.67. The Morgan fingerprint density at radius 1 is 1.04 bits per heavy atom. The number of carbonyl (C=O) groups excluding carboxylic acids is 1. The summed E-state index contributed by atoms with van der Waals surface area (Å²) in [5.74, 6) is -0.0227. The first-order valence-corrected chi connectivity index (χ1v) is 11.3. The van der Waals surface area contributed by atoms with Crippen molar-refractivity contribution in [1.29, 1.82) is 0 Å². The molecule has 3 aromatic rings. The molecular weight excluding hydrogens is 416 g/mol. The average Bonchev–Trinajstić information content (AvgIpc) is 3.15. The number of fused-ring (bicyclic) bond motifs is 1. The van der Waals surface area contributed by atoms with Gasteiger partial charge < -0.3 is 4.90 Å². The Labute approximate surface area is 172 Å². The second-order valence-electron chi connectivity index (χ2n) is 6.49. The number of thiophene rings is 1. The minimum Gasteiger partial charge on any atom is -0.334 e. The fourth-order valence-corrected chi connectivity index (χ4v) is 5.74. The van der Waals surface area contributed by atoms with E-state index in [1.54, 1.807) is 35.2 Å². The molecule has 2 heterocycles. The number of hydrogen-bond acceptors (Lipinski definition) is 4. The van der Waals surface area contributed by atoms with Crippen LogP contribution in [0.3, 0.4) is 0 Å². The van der Waals surface area contributed by atoms with Crippen LogP contribution in [0, 0.1) is 0 Å². The van der Waals surface area contributed by atoms with E-state index in [1.165, 1.54) is 6.07 Å². The van der Waals surface area contributed by atoms with Gasteiger partial charge in [0.2, 0.25) is 0 Å². The van der Waals surface area contributed by atoms with Gasteiger partial charge in [0, 0.05) is 24.3 Å². The summed E-state index contributed by atoms with van der Waals surface area (Å²) < 4.78 is 28.2. The maximum Gasteiger partial charge on any atom is 0.271 e. The molecule has 0 bridgehead atoms. The van der Waals surface area contributed by atoms with Gasteiger partial charge in [-0.25, -0.2) is 8.42 Å². The molecule has 0 saturated heterocycles. The molecule has 1 aromatic heterocycles. The number of halogens is 1. The van der Waals surface area contributed by atoms with Crippen LogP contribution in [-0.4, -0.2) is 25.8 Å². The van der Waals surface area contributed by atoms with Crippen LogP contribution in [0.2, 0.25) is 4.34 Å².